The summed E-state index contributed by atoms with van der Waals surface area (Å²) in [5, 5.41) is 0.419. The molecule has 2 atom stereocenters. The molecule has 0 aliphatic rings. The molecule has 0 heterocycles. The summed E-state index contributed by atoms with van der Waals surface area (Å²) < 4.78 is 23.2. The topological polar surface area (TPSA) is 132 Å². The highest BCUT2D eigenvalue weighted by Crippen LogP contribution is 2.05. The van der Waals surface area contributed by atoms with E-state index in [0.29, 0.717) is 0 Å². The first-order valence-electron chi connectivity index (χ1n) is 4.74. The van der Waals surface area contributed by atoms with Gasteiger partial charge in [0.05, 0.1) is 5.75 Å². The molecule has 2 unspecified atom stereocenters. The van der Waals surface area contributed by atoms with Crippen LogP contribution in [0.15, 0.2) is 0 Å². The second-order valence-electron chi connectivity index (χ2n) is 3.63. The van der Waals surface area contributed by atoms with Crippen molar-refractivity contribution in [2.75, 3.05) is 5.75 Å². The Morgan fingerprint density at radius 1 is 1.31 bits per heavy atom. The van der Waals surface area contributed by atoms with Gasteiger partial charge in [0.15, 0.2) is 9.84 Å². The molecule has 0 aliphatic carbocycles. The van der Waals surface area contributed by atoms with Crippen molar-refractivity contribution in [3.05, 3.63) is 0 Å². The first-order chi connectivity index (χ1) is 7.16. The molecule has 8 heteroatoms. The zero-order valence-electron chi connectivity index (χ0n) is 9.26. The number of nitrogens with one attached hydrogen (secondary N) is 1. The minimum absolute atomic E-state index is 0.196. The van der Waals surface area contributed by atoms with Gasteiger partial charge in [0.25, 0.3) is 0 Å². The summed E-state index contributed by atoms with van der Waals surface area (Å²) in [7, 11) is -3.60. The third-order valence-electron chi connectivity index (χ3n) is 2.01. The predicted molar refractivity (Wildman–Crippen MR) is 59.2 cm³/mol. The first-order valence-corrected chi connectivity index (χ1v) is 6.46. The van der Waals surface area contributed by atoms with Crippen LogP contribution in [0, 0.1) is 0 Å². The summed E-state index contributed by atoms with van der Waals surface area (Å²) >= 11 is 0. The molecule has 0 bridgehead atoms. The highest BCUT2D eigenvalue weighted by Gasteiger charge is 2.28. The Kier molecular flexibility index (Phi) is 5.39. The van der Waals surface area contributed by atoms with Gasteiger partial charge >= 0.3 is 6.03 Å². The molecule has 0 aliphatic heterocycles. The van der Waals surface area contributed by atoms with E-state index in [4.69, 9.17) is 11.5 Å². The van der Waals surface area contributed by atoms with Crippen molar-refractivity contribution in [3.8, 4) is 0 Å². The van der Waals surface area contributed by atoms with Crippen molar-refractivity contribution in [2.45, 2.75) is 31.6 Å². The van der Waals surface area contributed by atoms with Crippen LogP contribution in [0.4, 0.5) is 4.79 Å². The van der Waals surface area contributed by atoms with Crippen molar-refractivity contribution < 1.29 is 18.0 Å². The van der Waals surface area contributed by atoms with E-state index in [1.807, 2.05) is 0 Å². The van der Waals surface area contributed by atoms with Crippen LogP contribution in [0.3, 0.4) is 0 Å². The monoisotopic (exact) mass is 251 g/mol. The third kappa shape index (κ3) is 5.08. The van der Waals surface area contributed by atoms with E-state index in [1.165, 1.54) is 6.92 Å². The van der Waals surface area contributed by atoms with Crippen LogP contribution in [0.1, 0.15) is 20.3 Å². The number of rotatable bonds is 5. The van der Waals surface area contributed by atoms with E-state index < -0.39 is 27.0 Å². The van der Waals surface area contributed by atoms with Crippen molar-refractivity contribution in [3.63, 3.8) is 0 Å². The smallest absolute Gasteiger partial charge is 0.318 e. The van der Waals surface area contributed by atoms with E-state index in [9.17, 15) is 18.0 Å². The Morgan fingerprint density at radius 2 is 1.81 bits per heavy atom. The van der Waals surface area contributed by atoms with E-state index in [1.54, 1.807) is 12.2 Å². The Hall–Kier alpha value is -1.15. The van der Waals surface area contributed by atoms with Gasteiger partial charge in [0.1, 0.15) is 5.25 Å². The van der Waals surface area contributed by atoms with E-state index in [2.05, 4.69) is 0 Å². The lowest BCUT2D eigenvalue weighted by molar-refractivity contribution is -0.119. The molecule has 0 aromatic heterocycles. The number of imide groups is 1. The number of hydrogen-bond donors (Lipinski definition) is 3. The average molecular weight is 251 g/mol. The van der Waals surface area contributed by atoms with Crippen LogP contribution in [-0.2, 0) is 14.6 Å². The van der Waals surface area contributed by atoms with Crippen LogP contribution in [0.5, 0.6) is 0 Å². The van der Waals surface area contributed by atoms with Gasteiger partial charge < -0.3 is 11.5 Å². The molecule has 0 spiro atoms. The molecule has 0 radical (unpaired) electrons. The summed E-state index contributed by atoms with van der Waals surface area (Å²) in [6.45, 7) is 2.87. The molecule has 3 amide bonds. The highest BCUT2D eigenvalue weighted by molar-refractivity contribution is 7.92. The van der Waals surface area contributed by atoms with Crippen LogP contribution >= 0.6 is 0 Å². The second kappa shape index (κ2) is 5.80. The Bertz CT molecular complexity index is 363. The van der Waals surface area contributed by atoms with Gasteiger partial charge in [-0.3, -0.25) is 10.1 Å². The highest BCUT2D eigenvalue weighted by atomic mass is 32.2. The van der Waals surface area contributed by atoms with Gasteiger partial charge in [0, 0.05) is 6.04 Å². The number of amides is 3. The molecule has 0 aromatic rings. The van der Waals surface area contributed by atoms with Crippen LogP contribution < -0.4 is 16.8 Å². The molecule has 94 valence electrons. The molecule has 16 heavy (non-hydrogen) atoms. The number of primary amides is 1. The minimum Gasteiger partial charge on any atom is -0.351 e. The fraction of sp³-hybridized carbons (Fsp3) is 0.750. The van der Waals surface area contributed by atoms with Crippen molar-refractivity contribution in [1.82, 2.24) is 5.32 Å². The molecule has 0 rings (SSSR count). The predicted octanol–water partition coefficient (Wildman–Crippen LogP) is -1.28. The van der Waals surface area contributed by atoms with Crippen molar-refractivity contribution in [1.29, 1.82) is 0 Å². The largest absolute Gasteiger partial charge is 0.351 e. The number of nitrogens with two attached hydrogens (primary N) is 2. The number of carbonyl (C=O) groups excluding carboxylic acids is 2. The number of carbonyl (C=O) groups is 2. The third-order valence-corrected chi connectivity index (χ3v) is 4.11. The van der Waals surface area contributed by atoms with Gasteiger partial charge in [-0.15, -0.1) is 0 Å². The van der Waals surface area contributed by atoms with Gasteiger partial charge in [-0.2, -0.15) is 0 Å². The lowest BCUT2D eigenvalue weighted by atomic mass is 10.3. The van der Waals surface area contributed by atoms with Gasteiger partial charge in [-0.25, -0.2) is 13.2 Å². The summed E-state index contributed by atoms with van der Waals surface area (Å²) in [6.07, 6.45) is 0.260. The zero-order valence-corrected chi connectivity index (χ0v) is 10.1. The number of urea groups is 1. The summed E-state index contributed by atoms with van der Waals surface area (Å²) in [5.41, 5.74) is 10.1. The lowest BCUT2D eigenvalue weighted by Gasteiger charge is -2.12. The molecule has 5 N–H and O–H groups in total. The fourth-order valence-electron chi connectivity index (χ4n) is 0.913. The average Bonchev–Trinajstić information content (AvgIpc) is 2.12. The van der Waals surface area contributed by atoms with Gasteiger partial charge in [-0.1, -0.05) is 0 Å². The van der Waals surface area contributed by atoms with E-state index in [0.717, 1.165) is 0 Å². The normalized spacial score (nSPS) is 15.2. The van der Waals surface area contributed by atoms with Crippen molar-refractivity contribution >= 4 is 21.8 Å². The summed E-state index contributed by atoms with van der Waals surface area (Å²) in [6, 6.07) is -1.33. The SMILES string of the molecule is CC(N)CCS(=O)(=O)C(C)C(=O)NC(N)=O. The molecule has 0 fully saturated rings. The van der Waals surface area contributed by atoms with E-state index in [-0.39, 0.29) is 18.2 Å². The summed E-state index contributed by atoms with van der Waals surface area (Å²) in [5.74, 6) is -1.12. The molecule has 7 nitrogen and oxygen atoms in total. The standard InChI is InChI=1S/C8H17N3O4S/c1-5(9)3-4-16(14,15)6(2)7(12)11-8(10)13/h5-6H,3-4,9H2,1-2H3,(H3,10,11,12,13). The quantitative estimate of drug-likeness (QED) is 0.560. The fourth-order valence-corrected chi connectivity index (χ4v) is 2.35. The van der Waals surface area contributed by atoms with Crippen LogP contribution in [0.25, 0.3) is 0 Å². The molecule has 0 aromatic carbocycles. The number of sulfone groups is 1. The molecular formula is C8H17N3O4S. The molecule has 0 saturated carbocycles. The minimum atomic E-state index is -3.60. The van der Waals surface area contributed by atoms with E-state index >= 15 is 0 Å². The Balaban J connectivity index is 4.51. The van der Waals surface area contributed by atoms with Crippen molar-refractivity contribution in [2.24, 2.45) is 11.5 Å². The Labute approximate surface area is 94.5 Å². The number of hydrogen-bond acceptors (Lipinski definition) is 5. The zero-order chi connectivity index (χ0) is 12.9. The molecular weight excluding hydrogens is 234 g/mol. The maximum Gasteiger partial charge on any atom is 0.318 e. The van der Waals surface area contributed by atoms with Crippen LogP contribution in [-0.4, -0.2) is 37.4 Å². The lowest BCUT2D eigenvalue weighted by Crippen LogP contribution is -2.44. The maximum absolute atomic E-state index is 11.6. The van der Waals surface area contributed by atoms with Gasteiger partial charge in [0.2, 0.25) is 5.91 Å². The summed E-state index contributed by atoms with van der Waals surface area (Å²) in [4.78, 5) is 21.6. The second-order valence-corrected chi connectivity index (χ2v) is 6.07. The van der Waals surface area contributed by atoms with Gasteiger partial charge in [-0.05, 0) is 20.3 Å². The molecule has 0 saturated heterocycles. The maximum atomic E-state index is 11.6. The Morgan fingerprint density at radius 3 is 2.19 bits per heavy atom. The van der Waals surface area contributed by atoms with Crippen LogP contribution in [0.2, 0.25) is 0 Å². The first kappa shape index (κ1) is 14.8.